The minimum absolute atomic E-state index is 0.280. The molecule has 2 aromatic carbocycles. The molecular formula is C20H18FN3O2. The normalized spacial score (nSPS) is 12.6. The third kappa shape index (κ3) is 2.94. The van der Waals surface area contributed by atoms with Crippen LogP contribution in [0.5, 0.6) is 5.75 Å². The summed E-state index contributed by atoms with van der Waals surface area (Å²) in [7, 11) is 0. The molecule has 26 heavy (non-hydrogen) atoms. The fraction of sp³-hybridized carbons (Fsp3) is 0.200. The molecule has 1 aliphatic heterocycles. The molecular weight excluding hydrogens is 333 g/mol. The number of halogens is 1. The van der Waals surface area contributed by atoms with Crippen LogP contribution in [0.4, 0.5) is 10.1 Å². The van der Waals surface area contributed by atoms with Crippen LogP contribution < -0.4 is 10.1 Å². The van der Waals surface area contributed by atoms with Crippen LogP contribution in [0, 0.1) is 19.7 Å². The van der Waals surface area contributed by atoms with Gasteiger partial charge in [-0.2, -0.15) is 5.10 Å². The Bertz CT molecular complexity index is 1010. The molecule has 1 N–H and O–H groups in total. The van der Waals surface area contributed by atoms with Crippen molar-refractivity contribution in [1.29, 1.82) is 0 Å². The highest BCUT2D eigenvalue weighted by atomic mass is 19.1. The smallest absolute Gasteiger partial charge is 0.255 e. The summed E-state index contributed by atoms with van der Waals surface area (Å²) in [6.07, 6.45) is 0.794. The highest BCUT2D eigenvalue weighted by Crippen LogP contribution is 2.26. The first-order valence-electron chi connectivity index (χ1n) is 8.41. The van der Waals surface area contributed by atoms with Crippen LogP contribution in [-0.2, 0) is 6.42 Å². The second kappa shape index (κ2) is 6.29. The lowest BCUT2D eigenvalue weighted by Crippen LogP contribution is -2.12. The van der Waals surface area contributed by atoms with E-state index >= 15 is 0 Å². The number of nitrogens with one attached hydrogen (secondary N) is 1. The largest absolute Gasteiger partial charge is 0.493 e. The van der Waals surface area contributed by atoms with Gasteiger partial charge in [0.1, 0.15) is 11.4 Å². The molecule has 0 aliphatic carbocycles. The van der Waals surface area contributed by atoms with E-state index in [0.717, 1.165) is 29.1 Å². The molecule has 0 fully saturated rings. The number of ether oxygens (including phenoxy) is 1. The second-order valence-electron chi connectivity index (χ2n) is 6.38. The number of hydrogen-bond acceptors (Lipinski definition) is 3. The molecule has 1 aromatic heterocycles. The van der Waals surface area contributed by atoms with Crippen molar-refractivity contribution in [3.05, 3.63) is 70.8 Å². The topological polar surface area (TPSA) is 56.2 Å². The Kier molecular flexibility index (Phi) is 3.95. The molecule has 0 bridgehead atoms. The number of amides is 1. The average Bonchev–Trinajstić information content (AvgIpc) is 3.20. The minimum Gasteiger partial charge on any atom is -0.493 e. The molecule has 1 amide bonds. The van der Waals surface area contributed by atoms with Crippen molar-refractivity contribution in [3.63, 3.8) is 0 Å². The Hall–Kier alpha value is -3.15. The van der Waals surface area contributed by atoms with Crippen molar-refractivity contribution >= 4 is 11.6 Å². The number of nitrogens with zero attached hydrogens (tertiary/aromatic N) is 2. The monoisotopic (exact) mass is 351 g/mol. The van der Waals surface area contributed by atoms with E-state index in [2.05, 4.69) is 10.4 Å². The summed E-state index contributed by atoms with van der Waals surface area (Å²) in [5.41, 5.74) is 3.96. The van der Waals surface area contributed by atoms with E-state index in [1.165, 1.54) is 6.07 Å². The van der Waals surface area contributed by atoms with E-state index in [0.29, 0.717) is 23.5 Å². The number of anilines is 1. The van der Waals surface area contributed by atoms with Gasteiger partial charge >= 0.3 is 0 Å². The van der Waals surface area contributed by atoms with Crippen molar-refractivity contribution in [1.82, 2.24) is 9.78 Å². The van der Waals surface area contributed by atoms with Crippen LogP contribution in [0.1, 0.15) is 27.3 Å². The SMILES string of the molecule is Cc1cc(C)n(-c2ccc(NC(=O)c3ccc4c(c3)CCO4)cc2F)n1. The van der Waals surface area contributed by atoms with Crippen LogP contribution in [0.3, 0.4) is 0 Å². The molecule has 0 saturated heterocycles. The molecule has 3 aromatic rings. The molecule has 0 radical (unpaired) electrons. The molecule has 0 atom stereocenters. The third-order valence-corrected chi connectivity index (χ3v) is 4.39. The molecule has 6 heteroatoms. The van der Waals surface area contributed by atoms with Gasteiger partial charge in [-0.1, -0.05) is 0 Å². The van der Waals surface area contributed by atoms with Crippen LogP contribution in [0.15, 0.2) is 42.5 Å². The van der Waals surface area contributed by atoms with Crippen molar-refractivity contribution < 1.29 is 13.9 Å². The lowest BCUT2D eigenvalue weighted by atomic mass is 10.1. The Morgan fingerprint density at radius 3 is 2.77 bits per heavy atom. The Morgan fingerprint density at radius 1 is 1.19 bits per heavy atom. The maximum Gasteiger partial charge on any atom is 0.255 e. The first-order chi connectivity index (χ1) is 12.5. The quantitative estimate of drug-likeness (QED) is 0.780. The van der Waals surface area contributed by atoms with E-state index in [9.17, 15) is 9.18 Å². The van der Waals surface area contributed by atoms with E-state index in [-0.39, 0.29) is 5.91 Å². The summed E-state index contributed by atoms with van der Waals surface area (Å²) >= 11 is 0. The highest BCUT2D eigenvalue weighted by Gasteiger charge is 2.16. The lowest BCUT2D eigenvalue weighted by molar-refractivity contribution is 0.102. The van der Waals surface area contributed by atoms with E-state index in [1.807, 2.05) is 26.0 Å². The lowest BCUT2D eigenvalue weighted by Gasteiger charge is -2.10. The Labute approximate surface area is 150 Å². The van der Waals surface area contributed by atoms with Gasteiger partial charge in [0, 0.05) is 23.4 Å². The summed E-state index contributed by atoms with van der Waals surface area (Å²) in [5.74, 6) is 0.0937. The van der Waals surface area contributed by atoms with Gasteiger partial charge in [-0.05, 0) is 61.9 Å². The van der Waals surface area contributed by atoms with Crippen LogP contribution in [-0.4, -0.2) is 22.3 Å². The van der Waals surface area contributed by atoms with E-state index < -0.39 is 5.82 Å². The van der Waals surface area contributed by atoms with Crippen molar-refractivity contribution in [2.75, 3.05) is 11.9 Å². The molecule has 2 heterocycles. The van der Waals surface area contributed by atoms with Gasteiger partial charge in [0.05, 0.1) is 12.3 Å². The van der Waals surface area contributed by atoms with Crippen molar-refractivity contribution in [2.45, 2.75) is 20.3 Å². The number of carbonyl (C=O) groups excluding carboxylic acids is 1. The van der Waals surface area contributed by atoms with Crippen LogP contribution in [0.2, 0.25) is 0 Å². The van der Waals surface area contributed by atoms with Gasteiger partial charge in [0.2, 0.25) is 0 Å². The number of carbonyl (C=O) groups is 1. The van der Waals surface area contributed by atoms with E-state index in [1.54, 1.807) is 28.9 Å². The molecule has 0 saturated carbocycles. The zero-order valence-corrected chi connectivity index (χ0v) is 14.5. The number of aromatic nitrogens is 2. The standard InChI is InChI=1S/C20H18FN3O2/c1-12-9-13(2)24(23-12)18-5-4-16(11-17(18)21)22-20(25)15-3-6-19-14(10-15)7-8-26-19/h3-6,9-11H,7-8H2,1-2H3,(H,22,25). The molecule has 0 unspecified atom stereocenters. The number of benzene rings is 2. The van der Waals surface area contributed by atoms with Crippen molar-refractivity contribution in [2.24, 2.45) is 0 Å². The number of fused-ring (bicyclic) bond motifs is 1. The predicted octanol–water partition coefficient (Wildman–Crippen LogP) is 3.82. The van der Waals surface area contributed by atoms with Crippen LogP contribution >= 0.6 is 0 Å². The van der Waals surface area contributed by atoms with Gasteiger partial charge < -0.3 is 10.1 Å². The third-order valence-electron chi connectivity index (χ3n) is 4.39. The summed E-state index contributed by atoms with van der Waals surface area (Å²) in [6.45, 7) is 4.36. The zero-order valence-electron chi connectivity index (χ0n) is 14.5. The average molecular weight is 351 g/mol. The molecule has 132 valence electrons. The maximum absolute atomic E-state index is 14.5. The summed E-state index contributed by atoms with van der Waals surface area (Å²) in [5, 5.41) is 7.03. The fourth-order valence-electron chi connectivity index (χ4n) is 3.16. The summed E-state index contributed by atoms with van der Waals surface area (Å²) in [6, 6.07) is 11.8. The second-order valence-corrected chi connectivity index (χ2v) is 6.38. The summed E-state index contributed by atoms with van der Waals surface area (Å²) in [4.78, 5) is 12.4. The molecule has 1 aliphatic rings. The first kappa shape index (κ1) is 16.3. The number of aryl methyl sites for hydroxylation is 2. The zero-order chi connectivity index (χ0) is 18.3. The van der Waals surface area contributed by atoms with Gasteiger partial charge in [-0.3, -0.25) is 4.79 Å². The van der Waals surface area contributed by atoms with E-state index in [4.69, 9.17) is 4.74 Å². The van der Waals surface area contributed by atoms with Crippen LogP contribution in [0.25, 0.3) is 5.69 Å². The molecule has 5 nitrogen and oxygen atoms in total. The number of hydrogen-bond donors (Lipinski definition) is 1. The maximum atomic E-state index is 14.5. The molecule has 0 spiro atoms. The van der Waals surface area contributed by atoms with Gasteiger partial charge in [-0.15, -0.1) is 0 Å². The highest BCUT2D eigenvalue weighted by molar-refractivity contribution is 6.04. The van der Waals surface area contributed by atoms with Gasteiger partial charge in [-0.25, -0.2) is 9.07 Å². The Morgan fingerprint density at radius 2 is 2.04 bits per heavy atom. The minimum atomic E-state index is -0.448. The predicted molar refractivity (Wildman–Crippen MR) is 96.6 cm³/mol. The van der Waals surface area contributed by atoms with Gasteiger partial charge in [0.15, 0.2) is 5.82 Å². The molecule has 4 rings (SSSR count). The number of rotatable bonds is 3. The summed E-state index contributed by atoms with van der Waals surface area (Å²) < 4.78 is 21.5. The first-order valence-corrected chi connectivity index (χ1v) is 8.41. The van der Waals surface area contributed by atoms with Gasteiger partial charge in [0.25, 0.3) is 5.91 Å². The fourth-order valence-corrected chi connectivity index (χ4v) is 3.16. The van der Waals surface area contributed by atoms with Crippen molar-refractivity contribution in [3.8, 4) is 11.4 Å². The Balaban J connectivity index is 1.56.